The van der Waals surface area contributed by atoms with E-state index in [4.69, 9.17) is 0 Å². The first-order valence-corrected chi connectivity index (χ1v) is 11.1. The lowest BCUT2D eigenvalue weighted by Crippen LogP contribution is -2.49. The smallest absolute Gasteiger partial charge is 0.293 e. The van der Waals surface area contributed by atoms with E-state index in [1.807, 2.05) is 0 Å². The first-order valence-electron chi connectivity index (χ1n) is 11.1. The van der Waals surface area contributed by atoms with Crippen LogP contribution in [0.2, 0.25) is 0 Å². The van der Waals surface area contributed by atoms with E-state index in [9.17, 15) is 28.5 Å². The first-order chi connectivity index (χ1) is 16.3. The van der Waals surface area contributed by atoms with Crippen molar-refractivity contribution >= 4 is 23.2 Å². The number of benzene rings is 2. The maximum Gasteiger partial charge on any atom is 0.293 e. The van der Waals surface area contributed by atoms with E-state index in [0.29, 0.717) is 44.5 Å². The second kappa shape index (κ2) is 10.1. The Morgan fingerprint density at radius 1 is 0.824 bits per heavy atom. The van der Waals surface area contributed by atoms with E-state index >= 15 is 0 Å². The Kier molecular flexibility index (Phi) is 7.01. The van der Waals surface area contributed by atoms with Crippen LogP contribution in [0, 0.1) is 21.7 Å². The number of nitro benzene ring substituents is 1. The van der Waals surface area contributed by atoms with Gasteiger partial charge in [0.25, 0.3) is 17.5 Å². The summed E-state index contributed by atoms with van der Waals surface area (Å²) in [6.07, 6.45) is 0.817. The minimum atomic E-state index is -0.830. The van der Waals surface area contributed by atoms with Crippen LogP contribution in [-0.2, 0) is 0 Å². The third-order valence-corrected chi connectivity index (χ3v) is 6.06. The van der Waals surface area contributed by atoms with Crippen LogP contribution in [0.15, 0.2) is 36.4 Å². The quantitative estimate of drug-likeness (QED) is 0.540. The van der Waals surface area contributed by atoms with Gasteiger partial charge in [0.2, 0.25) is 0 Å². The molecule has 0 atom stereocenters. The van der Waals surface area contributed by atoms with Gasteiger partial charge >= 0.3 is 0 Å². The van der Waals surface area contributed by atoms with Crippen molar-refractivity contribution < 1.29 is 23.3 Å². The summed E-state index contributed by atoms with van der Waals surface area (Å²) in [5.74, 6) is -2.40. The average molecular weight is 473 g/mol. The van der Waals surface area contributed by atoms with Crippen molar-refractivity contribution in [2.24, 2.45) is 0 Å². The van der Waals surface area contributed by atoms with E-state index in [2.05, 4.69) is 5.32 Å². The van der Waals surface area contributed by atoms with E-state index in [1.165, 1.54) is 11.0 Å². The van der Waals surface area contributed by atoms with Gasteiger partial charge in [-0.15, -0.1) is 0 Å². The minimum absolute atomic E-state index is 0.0801. The zero-order chi connectivity index (χ0) is 24.2. The molecule has 2 aliphatic rings. The summed E-state index contributed by atoms with van der Waals surface area (Å²) < 4.78 is 26.9. The molecule has 0 spiro atoms. The number of carbonyl (C=O) groups excluding carboxylic acids is 2. The van der Waals surface area contributed by atoms with Gasteiger partial charge in [-0.3, -0.25) is 19.7 Å². The maximum atomic E-state index is 13.5. The molecule has 0 radical (unpaired) electrons. The lowest BCUT2D eigenvalue weighted by Gasteiger charge is -2.36. The van der Waals surface area contributed by atoms with Crippen LogP contribution in [0.4, 0.5) is 20.2 Å². The van der Waals surface area contributed by atoms with Crippen molar-refractivity contribution in [3.63, 3.8) is 0 Å². The predicted molar refractivity (Wildman–Crippen MR) is 121 cm³/mol. The fourth-order valence-electron chi connectivity index (χ4n) is 4.31. The van der Waals surface area contributed by atoms with Gasteiger partial charge in [0, 0.05) is 69.1 Å². The van der Waals surface area contributed by atoms with Gasteiger partial charge in [-0.05, 0) is 37.2 Å². The van der Waals surface area contributed by atoms with Crippen molar-refractivity contribution in [2.45, 2.75) is 6.42 Å². The van der Waals surface area contributed by atoms with Crippen LogP contribution in [0.3, 0.4) is 0 Å². The maximum absolute atomic E-state index is 13.5. The molecule has 180 valence electrons. The molecule has 34 heavy (non-hydrogen) atoms. The molecule has 2 aromatic rings. The van der Waals surface area contributed by atoms with Crippen LogP contribution in [-0.4, -0.2) is 78.9 Å². The number of hydrogen-bond donors (Lipinski definition) is 1. The number of hydrogen-bond acceptors (Lipinski definition) is 6. The third-order valence-electron chi connectivity index (χ3n) is 6.06. The summed E-state index contributed by atoms with van der Waals surface area (Å²) >= 11 is 0. The van der Waals surface area contributed by atoms with Gasteiger partial charge in [-0.2, -0.15) is 0 Å². The summed E-state index contributed by atoms with van der Waals surface area (Å²) in [5, 5.41) is 15.0. The minimum Gasteiger partial charge on any atom is -0.362 e. The summed E-state index contributed by atoms with van der Waals surface area (Å²) in [7, 11) is 0. The summed E-state index contributed by atoms with van der Waals surface area (Å²) in [6.45, 7) is 3.70. The molecule has 2 saturated heterocycles. The number of nitrogens with zero attached hydrogens (tertiary/aromatic N) is 4. The highest BCUT2D eigenvalue weighted by Gasteiger charge is 2.28. The molecule has 0 unspecified atom stereocenters. The van der Waals surface area contributed by atoms with Gasteiger partial charge in [-0.1, -0.05) is 0 Å². The Morgan fingerprint density at radius 2 is 1.47 bits per heavy atom. The Morgan fingerprint density at radius 3 is 2.15 bits per heavy atom. The van der Waals surface area contributed by atoms with Crippen molar-refractivity contribution in [3.8, 4) is 0 Å². The van der Waals surface area contributed by atoms with Gasteiger partial charge in [0.15, 0.2) is 0 Å². The van der Waals surface area contributed by atoms with Crippen molar-refractivity contribution in [1.29, 1.82) is 0 Å². The largest absolute Gasteiger partial charge is 0.362 e. The Hall–Kier alpha value is -3.60. The van der Waals surface area contributed by atoms with Crippen LogP contribution in [0.5, 0.6) is 0 Å². The first kappa shape index (κ1) is 23.6. The van der Waals surface area contributed by atoms with Crippen molar-refractivity contribution in [2.75, 3.05) is 57.3 Å². The van der Waals surface area contributed by atoms with Crippen LogP contribution >= 0.6 is 0 Å². The highest BCUT2D eigenvalue weighted by molar-refractivity contribution is 5.96. The van der Waals surface area contributed by atoms with E-state index in [-0.39, 0.29) is 35.8 Å². The lowest BCUT2D eigenvalue weighted by atomic mass is 10.1. The fraction of sp³-hybridized carbons (Fsp3) is 0.391. The second-order valence-corrected chi connectivity index (χ2v) is 8.29. The standard InChI is InChI=1S/C23H25F2N5O4/c24-18-12-17(13-19(25)15-18)23(32)29-10-8-27(9-11-29)20-3-2-16(14-21(20)30(33)34)22(31)28-6-1-4-26-5-7-28/h2-3,12-15,26H,1,4-11H2. The molecule has 4 rings (SSSR count). The van der Waals surface area contributed by atoms with Gasteiger partial charge in [-0.25, -0.2) is 8.78 Å². The number of anilines is 1. The number of rotatable bonds is 4. The molecule has 2 aliphatic heterocycles. The molecular formula is C23H25F2N5O4. The molecule has 2 fully saturated rings. The van der Waals surface area contributed by atoms with Gasteiger partial charge in [0.1, 0.15) is 17.3 Å². The SMILES string of the molecule is O=C(c1ccc(N2CCN(C(=O)c3cc(F)cc(F)c3)CC2)c([N+](=O)[O-])c1)N1CCCNCC1. The van der Waals surface area contributed by atoms with Gasteiger partial charge < -0.3 is 20.0 Å². The lowest BCUT2D eigenvalue weighted by molar-refractivity contribution is -0.384. The Bertz CT molecular complexity index is 1080. The molecule has 9 nitrogen and oxygen atoms in total. The second-order valence-electron chi connectivity index (χ2n) is 8.29. The van der Waals surface area contributed by atoms with Crippen molar-refractivity contribution in [3.05, 3.63) is 69.3 Å². The average Bonchev–Trinajstić information content (AvgIpc) is 3.12. The molecule has 11 heteroatoms. The van der Waals surface area contributed by atoms with Gasteiger partial charge in [0.05, 0.1) is 4.92 Å². The zero-order valence-corrected chi connectivity index (χ0v) is 18.5. The highest BCUT2D eigenvalue weighted by Crippen LogP contribution is 2.31. The Balaban J connectivity index is 1.47. The van der Waals surface area contributed by atoms with Crippen LogP contribution in [0.25, 0.3) is 0 Å². The molecule has 2 amide bonds. The molecule has 0 saturated carbocycles. The molecule has 2 aromatic carbocycles. The normalized spacial score (nSPS) is 16.8. The number of nitro groups is 1. The highest BCUT2D eigenvalue weighted by atomic mass is 19.1. The van der Waals surface area contributed by atoms with E-state index < -0.39 is 22.5 Å². The molecular weight excluding hydrogens is 448 g/mol. The summed E-state index contributed by atoms with van der Waals surface area (Å²) in [6, 6.07) is 7.14. The van der Waals surface area contributed by atoms with Crippen molar-refractivity contribution in [1.82, 2.24) is 15.1 Å². The number of nitrogens with one attached hydrogen (secondary N) is 1. The van der Waals surface area contributed by atoms with E-state index in [0.717, 1.165) is 25.1 Å². The summed E-state index contributed by atoms with van der Waals surface area (Å²) in [5.41, 5.74) is 0.372. The van der Waals surface area contributed by atoms with Crippen LogP contribution in [0.1, 0.15) is 27.1 Å². The predicted octanol–water partition coefficient (Wildman–Crippen LogP) is 2.27. The molecule has 0 bridgehead atoms. The van der Waals surface area contributed by atoms with E-state index in [1.54, 1.807) is 21.9 Å². The third kappa shape index (κ3) is 5.14. The number of piperazine rings is 1. The monoisotopic (exact) mass is 473 g/mol. The molecule has 1 N–H and O–H groups in total. The fourth-order valence-corrected chi connectivity index (χ4v) is 4.31. The Labute approximate surface area is 195 Å². The van der Waals surface area contributed by atoms with Crippen LogP contribution < -0.4 is 10.2 Å². The molecule has 0 aliphatic carbocycles. The topological polar surface area (TPSA) is 99.0 Å². The molecule has 0 aromatic heterocycles. The number of carbonyl (C=O) groups is 2. The summed E-state index contributed by atoms with van der Waals surface area (Å²) in [4.78, 5) is 41.7. The molecule has 2 heterocycles. The number of amides is 2. The zero-order valence-electron chi connectivity index (χ0n) is 18.5. The number of halogens is 2.